The average Bonchev–Trinajstić information content (AvgIpc) is 3.01. The summed E-state index contributed by atoms with van der Waals surface area (Å²) in [7, 11) is -1.69. The monoisotopic (exact) mass is 432 g/mol. The molecule has 0 amide bonds. The molecular formula is C17H18ClFN2O6S. The third-order valence-electron chi connectivity index (χ3n) is 3.18. The molecule has 0 saturated heterocycles. The number of hydrogen-bond donors (Lipinski definition) is 1. The van der Waals surface area contributed by atoms with E-state index in [-0.39, 0.29) is 5.82 Å². The Morgan fingerprint density at radius 3 is 2.39 bits per heavy atom. The molecule has 11 heteroatoms. The topological polar surface area (TPSA) is 113 Å². The molecule has 1 aromatic carbocycles. The van der Waals surface area contributed by atoms with Crippen molar-refractivity contribution >= 4 is 33.0 Å². The van der Waals surface area contributed by atoms with E-state index in [1.807, 2.05) is 34.9 Å². The van der Waals surface area contributed by atoms with E-state index in [2.05, 4.69) is 0 Å². The van der Waals surface area contributed by atoms with Gasteiger partial charge in [-0.2, -0.15) is 0 Å². The lowest BCUT2D eigenvalue weighted by molar-refractivity contribution is -0.671. The van der Waals surface area contributed by atoms with Gasteiger partial charge >= 0.3 is 5.97 Å². The van der Waals surface area contributed by atoms with E-state index in [1.165, 1.54) is 19.2 Å². The minimum absolute atomic E-state index is 0.329. The number of aromatic nitrogens is 2. The molecule has 0 aliphatic heterocycles. The molecule has 2 rings (SSSR count). The molecule has 0 saturated carbocycles. The number of nitrogens with zero attached hydrogens (tertiary/aromatic N) is 2. The van der Waals surface area contributed by atoms with Crippen LogP contribution < -0.4 is 4.57 Å². The summed E-state index contributed by atoms with van der Waals surface area (Å²) in [5.74, 6) is -0.759. The second kappa shape index (κ2) is 10.7. The minimum Gasteiger partial charge on any atom is -0.726 e. The molecular weight excluding hydrogens is 415 g/mol. The third-order valence-corrected chi connectivity index (χ3v) is 3.52. The summed E-state index contributed by atoms with van der Waals surface area (Å²) < 4.78 is 54.3. The van der Waals surface area contributed by atoms with Gasteiger partial charge in [0.1, 0.15) is 24.8 Å². The van der Waals surface area contributed by atoms with Crippen LogP contribution in [0.4, 0.5) is 4.39 Å². The molecule has 1 N–H and O–H groups in total. The Kier molecular flexibility index (Phi) is 9.00. The number of methoxy groups -OCH3 is 1. The Morgan fingerprint density at radius 2 is 1.93 bits per heavy atom. The number of hydrogen-bond acceptors (Lipinski definition) is 5. The van der Waals surface area contributed by atoms with Gasteiger partial charge in [0, 0.05) is 5.03 Å². The van der Waals surface area contributed by atoms with Crippen molar-refractivity contribution in [2.24, 2.45) is 7.05 Å². The van der Waals surface area contributed by atoms with Gasteiger partial charge in [0.15, 0.2) is 0 Å². The van der Waals surface area contributed by atoms with E-state index in [4.69, 9.17) is 33.9 Å². The van der Waals surface area contributed by atoms with Gasteiger partial charge in [-0.25, -0.2) is 26.7 Å². The number of carbonyl (C=O) groups excluding carboxylic acids is 1. The van der Waals surface area contributed by atoms with E-state index in [1.54, 1.807) is 24.3 Å². The van der Waals surface area contributed by atoms with E-state index < -0.39 is 16.4 Å². The predicted octanol–water partition coefficient (Wildman–Crippen LogP) is 1.84. The molecule has 1 aromatic heterocycles. The van der Waals surface area contributed by atoms with Crippen molar-refractivity contribution in [2.75, 3.05) is 7.11 Å². The van der Waals surface area contributed by atoms with Gasteiger partial charge in [-0.3, -0.25) is 4.55 Å². The van der Waals surface area contributed by atoms with Gasteiger partial charge in [0.2, 0.25) is 16.7 Å². The van der Waals surface area contributed by atoms with Crippen LogP contribution >= 0.6 is 11.6 Å². The van der Waals surface area contributed by atoms with Gasteiger partial charge in [-0.05, 0) is 29.8 Å². The maximum absolute atomic E-state index is 12.9. The van der Waals surface area contributed by atoms with Crippen molar-refractivity contribution in [2.45, 2.75) is 6.54 Å². The van der Waals surface area contributed by atoms with Gasteiger partial charge in [-0.1, -0.05) is 23.7 Å². The zero-order chi connectivity index (χ0) is 21.3. The number of allylic oxidation sites excluding steroid dienone is 2. The first-order chi connectivity index (χ1) is 13.0. The van der Waals surface area contributed by atoms with Crippen LogP contribution in [0.5, 0.6) is 0 Å². The first-order valence-electron chi connectivity index (χ1n) is 7.59. The zero-order valence-electron chi connectivity index (χ0n) is 15.0. The van der Waals surface area contributed by atoms with Crippen molar-refractivity contribution < 1.29 is 36.0 Å². The largest absolute Gasteiger partial charge is 0.726 e. The smallest absolute Gasteiger partial charge is 0.337 e. The lowest BCUT2D eigenvalue weighted by atomic mass is 10.1. The maximum atomic E-state index is 12.9. The summed E-state index contributed by atoms with van der Waals surface area (Å²) >= 11 is 6.19. The second-order valence-corrected chi connectivity index (χ2v) is 6.65. The van der Waals surface area contributed by atoms with Crippen LogP contribution in [0.2, 0.25) is 0 Å². The van der Waals surface area contributed by atoms with E-state index in [0.29, 0.717) is 22.7 Å². The Balaban J connectivity index is 0.000000696. The minimum atomic E-state index is -4.92. The summed E-state index contributed by atoms with van der Waals surface area (Å²) in [6, 6.07) is 5.81. The van der Waals surface area contributed by atoms with Crippen LogP contribution in [0.1, 0.15) is 5.56 Å². The number of imidazole rings is 1. The number of rotatable bonds is 5. The highest BCUT2D eigenvalue weighted by atomic mass is 35.5. The fourth-order valence-electron chi connectivity index (χ4n) is 1.99. The molecule has 152 valence electrons. The molecule has 1 heterocycles. The lowest BCUT2D eigenvalue weighted by Crippen LogP contribution is -2.24. The molecule has 0 aliphatic carbocycles. The zero-order valence-corrected chi connectivity index (χ0v) is 16.5. The van der Waals surface area contributed by atoms with Crippen LogP contribution in [0.25, 0.3) is 5.03 Å². The van der Waals surface area contributed by atoms with Gasteiger partial charge in [0.05, 0.1) is 19.7 Å². The summed E-state index contributed by atoms with van der Waals surface area (Å²) in [5, 5.41) is 0.407. The van der Waals surface area contributed by atoms with Crippen LogP contribution in [0.15, 0.2) is 60.7 Å². The Morgan fingerprint density at radius 1 is 1.36 bits per heavy atom. The molecule has 0 radical (unpaired) electrons. The van der Waals surface area contributed by atoms with Crippen molar-refractivity contribution in [3.8, 4) is 0 Å². The highest BCUT2D eigenvalue weighted by molar-refractivity contribution is 7.79. The number of aryl methyl sites for hydroxylation is 1. The molecule has 0 aliphatic rings. The van der Waals surface area contributed by atoms with Crippen LogP contribution in [0, 0.1) is 5.82 Å². The molecule has 0 fully saturated rings. The van der Waals surface area contributed by atoms with E-state index in [0.717, 1.165) is 0 Å². The van der Waals surface area contributed by atoms with E-state index in [9.17, 15) is 9.18 Å². The highest BCUT2D eigenvalue weighted by Gasteiger charge is 2.13. The SMILES string of the molecule is COC(=O)/C(=C/C=C(\Cl)c1ccc(F)cc1)Cn1cc[n+](C)c1.O=S(=O)([O-])O. The number of carbonyl (C=O) groups is 1. The molecule has 0 bridgehead atoms. The van der Waals surface area contributed by atoms with Crippen molar-refractivity contribution in [1.29, 1.82) is 0 Å². The number of halogens is 2. The normalized spacial score (nSPS) is 12.2. The summed E-state index contributed by atoms with van der Waals surface area (Å²) in [6.07, 6.45) is 8.78. The molecule has 28 heavy (non-hydrogen) atoms. The first-order valence-corrected chi connectivity index (χ1v) is 9.34. The number of ether oxygens (including phenoxy) is 1. The number of esters is 1. The van der Waals surface area contributed by atoms with Crippen molar-refractivity contribution in [3.05, 3.63) is 72.1 Å². The standard InChI is InChI=1S/C17H17ClFN2O2.H2O4S/c1-20-9-10-21(12-20)11-14(17(22)23-2)5-8-16(18)13-3-6-15(19)7-4-13;1-5(2,3)4/h3-10,12H,11H2,1-2H3;(H2,1,2,3,4)/q+1;/p-1/b14-5+,16-8-;. The van der Waals surface area contributed by atoms with Crippen molar-refractivity contribution in [1.82, 2.24) is 4.57 Å². The highest BCUT2D eigenvalue weighted by Crippen LogP contribution is 2.19. The summed E-state index contributed by atoms with van der Waals surface area (Å²) in [6.45, 7) is 0.359. The molecule has 2 aromatic rings. The fourth-order valence-corrected chi connectivity index (χ4v) is 2.18. The van der Waals surface area contributed by atoms with Crippen molar-refractivity contribution in [3.63, 3.8) is 0 Å². The van der Waals surface area contributed by atoms with Crippen LogP contribution in [-0.4, -0.2) is 35.2 Å². The second-order valence-electron chi connectivity index (χ2n) is 5.38. The average molecular weight is 433 g/mol. The Bertz CT molecular complexity index is 960. The van der Waals surface area contributed by atoms with Gasteiger partial charge in [-0.15, -0.1) is 0 Å². The molecule has 8 nitrogen and oxygen atoms in total. The molecule has 0 unspecified atom stereocenters. The quantitative estimate of drug-likeness (QED) is 0.193. The first kappa shape index (κ1) is 23.5. The summed E-state index contributed by atoms with van der Waals surface area (Å²) in [5.41, 5.74) is 1.12. The predicted molar refractivity (Wildman–Crippen MR) is 98.3 cm³/mol. The molecule has 0 atom stereocenters. The van der Waals surface area contributed by atoms with Gasteiger partial charge in [0.25, 0.3) is 0 Å². The lowest BCUT2D eigenvalue weighted by Gasteiger charge is -2.03. The van der Waals surface area contributed by atoms with Crippen LogP contribution in [0.3, 0.4) is 0 Å². The Labute approximate surface area is 166 Å². The molecule has 0 spiro atoms. The third kappa shape index (κ3) is 9.42. The Hall–Kier alpha value is -2.53. The maximum Gasteiger partial charge on any atom is 0.337 e. The van der Waals surface area contributed by atoms with E-state index >= 15 is 0 Å². The van der Waals surface area contributed by atoms with Gasteiger partial charge < -0.3 is 9.29 Å². The number of benzene rings is 1. The fraction of sp³-hybridized carbons (Fsp3) is 0.176. The summed E-state index contributed by atoms with van der Waals surface area (Å²) in [4.78, 5) is 11.9. The van der Waals surface area contributed by atoms with Crippen LogP contribution in [-0.2, 0) is 33.5 Å².